The molecule has 9 heteroatoms. The van der Waals surface area contributed by atoms with Gasteiger partial charge in [-0.1, -0.05) is 18.2 Å². The summed E-state index contributed by atoms with van der Waals surface area (Å²) in [7, 11) is 4.01. The van der Waals surface area contributed by atoms with E-state index in [1.165, 1.54) is 11.3 Å². The van der Waals surface area contributed by atoms with Gasteiger partial charge >= 0.3 is 0 Å². The molecule has 0 bridgehead atoms. The molecule has 0 spiro atoms. The molecule has 2 aromatic heterocycles. The maximum absolute atomic E-state index is 12.2. The van der Waals surface area contributed by atoms with Crippen molar-refractivity contribution in [1.29, 1.82) is 0 Å². The van der Waals surface area contributed by atoms with E-state index >= 15 is 0 Å². The van der Waals surface area contributed by atoms with Crippen molar-refractivity contribution in [1.82, 2.24) is 15.2 Å². The number of amides is 2. The standard InChI is InChI=1S/C22H26N4O3S2/c1-26(2)9-10-29-18-7-5-16(6-8-18)14-23-20(27)12-17-15-31-22(24-17)25-21(28)13-19-4-3-11-30-19/h3-8,11,15H,9-10,12-14H2,1-2H3,(H,23,27)(H,24,25,28). The van der Waals surface area contributed by atoms with Gasteiger partial charge in [-0.05, 0) is 43.2 Å². The first-order valence-corrected chi connectivity index (χ1v) is 11.6. The van der Waals surface area contributed by atoms with Crippen LogP contribution in [-0.2, 0) is 29.0 Å². The molecule has 0 unspecified atom stereocenters. The van der Waals surface area contributed by atoms with Gasteiger partial charge in [0.15, 0.2) is 5.13 Å². The molecular weight excluding hydrogens is 432 g/mol. The number of rotatable bonds is 11. The van der Waals surface area contributed by atoms with Crippen LogP contribution in [0.1, 0.15) is 16.1 Å². The summed E-state index contributed by atoms with van der Waals surface area (Å²) in [6, 6.07) is 11.5. The Labute approximate surface area is 190 Å². The summed E-state index contributed by atoms with van der Waals surface area (Å²) < 4.78 is 5.67. The molecule has 0 saturated heterocycles. The zero-order chi connectivity index (χ0) is 22.1. The van der Waals surface area contributed by atoms with Gasteiger partial charge in [-0.25, -0.2) is 4.98 Å². The highest BCUT2D eigenvalue weighted by Crippen LogP contribution is 2.17. The molecular formula is C22H26N4O3S2. The molecule has 0 atom stereocenters. The highest BCUT2D eigenvalue weighted by Gasteiger charge is 2.11. The van der Waals surface area contributed by atoms with Crippen LogP contribution < -0.4 is 15.4 Å². The molecule has 0 radical (unpaired) electrons. The molecule has 1 aromatic carbocycles. The fourth-order valence-electron chi connectivity index (χ4n) is 2.66. The van der Waals surface area contributed by atoms with Gasteiger partial charge in [-0.3, -0.25) is 9.59 Å². The fourth-order valence-corrected chi connectivity index (χ4v) is 4.09. The van der Waals surface area contributed by atoms with Crippen LogP contribution in [0, 0.1) is 0 Å². The lowest BCUT2D eigenvalue weighted by Crippen LogP contribution is -2.24. The van der Waals surface area contributed by atoms with E-state index in [1.54, 1.807) is 16.7 Å². The summed E-state index contributed by atoms with van der Waals surface area (Å²) in [5.74, 6) is 0.586. The predicted octanol–water partition coefficient (Wildman–Crippen LogP) is 3.19. The number of likely N-dealkylation sites (N-methyl/N-ethyl adjacent to an activating group) is 1. The van der Waals surface area contributed by atoms with Gasteiger partial charge in [0, 0.05) is 23.3 Å². The average molecular weight is 459 g/mol. The number of thiazole rings is 1. The first-order valence-electron chi connectivity index (χ1n) is 9.88. The Kier molecular flexibility index (Phi) is 8.57. The monoisotopic (exact) mass is 458 g/mol. The lowest BCUT2D eigenvalue weighted by Gasteiger charge is -2.11. The van der Waals surface area contributed by atoms with Crippen LogP contribution in [0.2, 0.25) is 0 Å². The Balaban J connectivity index is 1.39. The van der Waals surface area contributed by atoms with E-state index in [4.69, 9.17) is 4.74 Å². The molecule has 2 N–H and O–H groups in total. The molecule has 31 heavy (non-hydrogen) atoms. The zero-order valence-electron chi connectivity index (χ0n) is 17.6. The maximum atomic E-state index is 12.2. The number of hydrogen-bond acceptors (Lipinski definition) is 7. The highest BCUT2D eigenvalue weighted by atomic mass is 32.1. The van der Waals surface area contributed by atoms with E-state index < -0.39 is 0 Å². The number of ether oxygens (including phenoxy) is 1. The van der Waals surface area contributed by atoms with E-state index in [-0.39, 0.29) is 18.2 Å². The summed E-state index contributed by atoms with van der Waals surface area (Å²) in [5.41, 5.74) is 1.63. The Hall–Kier alpha value is -2.75. The van der Waals surface area contributed by atoms with Crippen molar-refractivity contribution in [2.24, 2.45) is 0 Å². The van der Waals surface area contributed by atoms with Crippen molar-refractivity contribution < 1.29 is 14.3 Å². The summed E-state index contributed by atoms with van der Waals surface area (Å²) >= 11 is 2.86. The van der Waals surface area contributed by atoms with E-state index in [1.807, 2.05) is 55.9 Å². The predicted molar refractivity (Wildman–Crippen MR) is 125 cm³/mol. The molecule has 0 saturated carbocycles. The quantitative estimate of drug-likeness (QED) is 0.461. The van der Waals surface area contributed by atoms with E-state index in [2.05, 4.69) is 20.5 Å². The lowest BCUT2D eigenvalue weighted by atomic mass is 10.2. The molecule has 0 aliphatic rings. The minimum atomic E-state index is -0.118. The first-order chi connectivity index (χ1) is 15.0. The van der Waals surface area contributed by atoms with Crippen LogP contribution >= 0.6 is 22.7 Å². The largest absolute Gasteiger partial charge is 0.492 e. The number of anilines is 1. The van der Waals surface area contributed by atoms with Gasteiger partial charge in [0.25, 0.3) is 0 Å². The average Bonchev–Trinajstić information content (AvgIpc) is 3.39. The second-order valence-electron chi connectivity index (χ2n) is 7.20. The van der Waals surface area contributed by atoms with E-state index in [0.29, 0.717) is 30.4 Å². The zero-order valence-corrected chi connectivity index (χ0v) is 19.2. The van der Waals surface area contributed by atoms with Gasteiger partial charge in [0.05, 0.1) is 18.5 Å². The molecule has 0 aliphatic heterocycles. The normalized spacial score (nSPS) is 10.8. The van der Waals surface area contributed by atoms with Crippen LogP contribution in [0.4, 0.5) is 5.13 Å². The summed E-state index contributed by atoms with van der Waals surface area (Å²) in [4.78, 5) is 31.7. The Morgan fingerprint density at radius 1 is 1.06 bits per heavy atom. The molecule has 0 fully saturated rings. The number of carbonyl (C=O) groups excluding carboxylic acids is 2. The van der Waals surface area contributed by atoms with Crippen molar-refractivity contribution in [3.63, 3.8) is 0 Å². The van der Waals surface area contributed by atoms with Crippen molar-refractivity contribution in [2.75, 3.05) is 32.6 Å². The third-order valence-corrected chi connectivity index (χ3v) is 5.96. The molecule has 2 amide bonds. The number of thiophene rings is 1. The molecule has 2 heterocycles. The molecule has 7 nitrogen and oxygen atoms in total. The Morgan fingerprint density at radius 3 is 2.58 bits per heavy atom. The topological polar surface area (TPSA) is 83.6 Å². The van der Waals surface area contributed by atoms with Crippen LogP contribution in [-0.4, -0.2) is 48.9 Å². The van der Waals surface area contributed by atoms with E-state index in [9.17, 15) is 9.59 Å². The third kappa shape index (κ3) is 8.12. The lowest BCUT2D eigenvalue weighted by molar-refractivity contribution is -0.120. The summed E-state index contributed by atoms with van der Waals surface area (Å²) in [6.45, 7) is 1.92. The number of nitrogens with zero attached hydrogens (tertiary/aromatic N) is 2. The van der Waals surface area contributed by atoms with Gasteiger partial charge < -0.3 is 20.3 Å². The highest BCUT2D eigenvalue weighted by molar-refractivity contribution is 7.14. The second kappa shape index (κ2) is 11.6. The van der Waals surface area contributed by atoms with Crippen molar-refractivity contribution in [3.8, 4) is 5.75 Å². The van der Waals surface area contributed by atoms with Gasteiger partial charge in [-0.15, -0.1) is 22.7 Å². The van der Waals surface area contributed by atoms with Crippen molar-refractivity contribution in [2.45, 2.75) is 19.4 Å². The Morgan fingerprint density at radius 2 is 1.87 bits per heavy atom. The summed E-state index contributed by atoms with van der Waals surface area (Å²) in [6.07, 6.45) is 0.496. The molecule has 0 aliphatic carbocycles. The smallest absolute Gasteiger partial charge is 0.231 e. The van der Waals surface area contributed by atoms with Crippen molar-refractivity contribution >= 4 is 39.6 Å². The minimum Gasteiger partial charge on any atom is -0.492 e. The van der Waals surface area contributed by atoms with Crippen LogP contribution in [0.25, 0.3) is 0 Å². The third-order valence-electron chi connectivity index (χ3n) is 4.27. The maximum Gasteiger partial charge on any atom is 0.231 e. The number of hydrogen-bond donors (Lipinski definition) is 2. The minimum absolute atomic E-state index is 0.109. The number of aromatic nitrogens is 1. The number of carbonyl (C=O) groups is 2. The SMILES string of the molecule is CN(C)CCOc1ccc(CNC(=O)Cc2csc(NC(=O)Cc3cccs3)n2)cc1. The second-order valence-corrected chi connectivity index (χ2v) is 9.09. The number of benzene rings is 1. The van der Waals surface area contributed by atoms with Gasteiger partial charge in [0.1, 0.15) is 12.4 Å². The molecule has 164 valence electrons. The van der Waals surface area contributed by atoms with Crippen LogP contribution in [0.3, 0.4) is 0 Å². The van der Waals surface area contributed by atoms with Crippen LogP contribution in [0.15, 0.2) is 47.2 Å². The van der Waals surface area contributed by atoms with Crippen molar-refractivity contribution in [3.05, 3.63) is 63.3 Å². The van der Waals surface area contributed by atoms with Crippen LogP contribution in [0.5, 0.6) is 5.75 Å². The Bertz CT molecular complexity index is 969. The first kappa shape index (κ1) is 22.9. The molecule has 3 aromatic rings. The van der Waals surface area contributed by atoms with Gasteiger partial charge in [-0.2, -0.15) is 0 Å². The van der Waals surface area contributed by atoms with Gasteiger partial charge in [0.2, 0.25) is 11.8 Å². The summed E-state index contributed by atoms with van der Waals surface area (Å²) in [5, 5.41) is 9.93. The fraction of sp³-hybridized carbons (Fsp3) is 0.318. The molecule has 3 rings (SSSR count). The van der Waals surface area contributed by atoms with E-state index in [0.717, 1.165) is 22.7 Å². The number of nitrogens with one attached hydrogen (secondary N) is 2.